The minimum absolute atomic E-state index is 0.151. The zero-order valence-corrected chi connectivity index (χ0v) is 16.1. The fraction of sp³-hybridized carbons (Fsp3) is 0.250. The summed E-state index contributed by atoms with van der Waals surface area (Å²) in [6, 6.07) is 8.06. The largest absolute Gasteiger partial charge is 0.492 e. The molecule has 0 radical (unpaired) electrons. The standard InChI is InChI=1S/C20H21NO7/c1-5-28-20(22)14-9-7-6-8-13(14)10-11-15-16(21(23)24)12-17(25-2)19(27-4)18(15)26-3/h6-12H,5H2,1-4H3/b11-10+. The minimum Gasteiger partial charge on any atom is -0.492 e. The molecule has 8 nitrogen and oxygen atoms in total. The summed E-state index contributed by atoms with van der Waals surface area (Å²) in [6.07, 6.45) is 3.08. The molecule has 0 aliphatic carbocycles. The van der Waals surface area contributed by atoms with Crippen LogP contribution in [0.15, 0.2) is 30.3 Å². The van der Waals surface area contributed by atoms with Crippen molar-refractivity contribution in [1.29, 1.82) is 0 Å². The van der Waals surface area contributed by atoms with E-state index in [2.05, 4.69) is 0 Å². The number of nitrogens with zero attached hydrogens (tertiary/aromatic N) is 1. The van der Waals surface area contributed by atoms with Crippen molar-refractivity contribution in [3.05, 3.63) is 57.1 Å². The summed E-state index contributed by atoms with van der Waals surface area (Å²) < 4.78 is 20.9. The molecule has 2 aromatic carbocycles. The Balaban J connectivity index is 2.63. The van der Waals surface area contributed by atoms with E-state index in [1.165, 1.54) is 33.5 Å². The maximum absolute atomic E-state index is 12.1. The number of nitro groups is 1. The second kappa shape index (κ2) is 9.40. The van der Waals surface area contributed by atoms with Crippen molar-refractivity contribution in [3.63, 3.8) is 0 Å². The van der Waals surface area contributed by atoms with Gasteiger partial charge in [-0.25, -0.2) is 4.79 Å². The molecule has 8 heteroatoms. The van der Waals surface area contributed by atoms with Gasteiger partial charge in [-0.15, -0.1) is 0 Å². The van der Waals surface area contributed by atoms with Crippen LogP contribution in [0.1, 0.15) is 28.4 Å². The van der Waals surface area contributed by atoms with Crippen molar-refractivity contribution in [2.75, 3.05) is 27.9 Å². The van der Waals surface area contributed by atoms with E-state index < -0.39 is 10.9 Å². The number of methoxy groups -OCH3 is 3. The van der Waals surface area contributed by atoms with Gasteiger partial charge in [0.15, 0.2) is 11.5 Å². The van der Waals surface area contributed by atoms with Crippen LogP contribution in [-0.2, 0) is 4.74 Å². The van der Waals surface area contributed by atoms with Gasteiger partial charge in [0.2, 0.25) is 5.75 Å². The van der Waals surface area contributed by atoms with Crippen molar-refractivity contribution in [3.8, 4) is 17.2 Å². The molecule has 0 aromatic heterocycles. The third-order valence-electron chi connectivity index (χ3n) is 3.93. The molecule has 0 spiro atoms. The summed E-state index contributed by atoms with van der Waals surface area (Å²) in [5.74, 6) is 0.0824. The first-order valence-electron chi connectivity index (χ1n) is 8.40. The predicted molar refractivity (Wildman–Crippen MR) is 104 cm³/mol. The lowest BCUT2D eigenvalue weighted by atomic mass is 10.0. The summed E-state index contributed by atoms with van der Waals surface area (Å²) in [7, 11) is 4.17. The smallest absolute Gasteiger partial charge is 0.338 e. The van der Waals surface area contributed by atoms with Gasteiger partial charge in [-0.1, -0.05) is 24.3 Å². The number of rotatable bonds is 8. The van der Waals surface area contributed by atoms with E-state index in [1.807, 2.05) is 0 Å². The molecule has 0 fully saturated rings. The molecule has 0 N–H and O–H groups in total. The summed E-state index contributed by atoms with van der Waals surface area (Å²) >= 11 is 0. The van der Waals surface area contributed by atoms with E-state index in [4.69, 9.17) is 18.9 Å². The number of hydrogen-bond acceptors (Lipinski definition) is 7. The average Bonchev–Trinajstić information content (AvgIpc) is 2.71. The zero-order valence-electron chi connectivity index (χ0n) is 16.1. The molecule has 0 amide bonds. The van der Waals surface area contributed by atoms with Crippen LogP contribution in [0.4, 0.5) is 5.69 Å². The molecule has 28 heavy (non-hydrogen) atoms. The van der Waals surface area contributed by atoms with Crippen molar-refractivity contribution in [1.82, 2.24) is 0 Å². The average molecular weight is 387 g/mol. The fourth-order valence-corrected chi connectivity index (χ4v) is 2.69. The maximum Gasteiger partial charge on any atom is 0.338 e. The summed E-state index contributed by atoms with van der Waals surface area (Å²) in [6.45, 7) is 1.96. The minimum atomic E-state index is -0.540. The number of ether oxygens (including phenoxy) is 4. The Kier molecular flexibility index (Phi) is 6.97. The second-order valence-electron chi connectivity index (χ2n) is 5.48. The van der Waals surface area contributed by atoms with Crippen LogP contribution in [0.5, 0.6) is 17.2 Å². The Hall–Kier alpha value is -3.55. The second-order valence-corrected chi connectivity index (χ2v) is 5.48. The Labute approximate surface area is 162 Å². The number of nitro benzene ring substituents is 1. The topological polar surface area (TPSA) is 97.1 Å². The molecule has 0 aliphatic heterocycles. The van der Waals surface area contributed by atoms with Crippen LogP contribution in [0.3, 0.4) is 0 Å². The summed E-state index contributed by atoms with van der Waals surface area (Å²) in [4.78, 5) is 23.2. The van der Waals surface area contributed by atoms with Gasteiger partial charge in [0.25, 0.3) is 5.69 Å². The highest BCUT2D eigenvalue weighted by atomic mass is 16.6. The van der Waals surface area contributed by atoms with Gasteiger partial charge in [0, 0.05) is 0 Å². The molecule has 0 bridgehead atoms. The van der Waals surface area contributed by atoms with Gasteiger partial charge in [-0.2, -0.15) is 0 Å². The first-order valence-corrected chi connectivity index (χ1v) is 8.40. The van der Waals surface area contributed by atoms with Crippen LogP contribution in [-0.4, -0.2) is 38.8 Å². The van der Waals surface area contributed by atoms with Crippen molar-refractivity contribution >= 4 is 23.8 Å². The first kappa shape index (κ1) is 20.8. The van der Waals surface area contributed by atoms with Crippen LogP contribution < -0.4 is 14.2 Å². The van der Waals surface area contributed by atoms with Crippen molar-refractivity contribution < 1.29 is 28.7 Å². The Morgan fingerprint density at radius 2 is 1.75 bits per heavy atom. The molecule has 2 rings (SSSR count). The molecule has 0 saturated heterocycles. The third kappa shape index (κ3) is 4.22. The van der Waals surface area contributed by atoms with E-state index in [-0.39, 0.29) is 35.1 Å². The Morgan fingerprint density at radius 3 is 2.32 bits per heavy atom. The molecule has 0 unspecified atom stereocenters. The molecule has 0 saturated carbocycles. The number of carbonyl (C=O) groups is 1. The zero-order chi connectivity index (χ0) is 20.7. The predicted octanol–water partition coefficient (Wildman–Crippen LogP) is 3.97. The van der Waals surface area contributed by atoms with E-state index >= 15 is 0 Å². The molecule has 0 atom stereocenters. The maximum atomic E-state index is 12.1. The van der Waals surface area contributed by atoms with Crippen LogP contribution >= 0.6 is 0 Å². The highest BCUT2D eigenvalue weighted by Gasteiger charge is 2.25. The molecule has 2 aromatic rings. The van der Waals surface area contributed by atoms with E-state index in [1.54, 1.807) is 37.3 Å². The molecule has 148 valence electrons. The fourth-order valence-electron chi connectivity index (χ4n) is 2.69. The quantitative estimate of drug-likeness (QED) is 0.293. The Morgan fingerprint density at radius 1 is 1.07 bits per heavy atom. The summed E-state index contributed by atoms with van der Waals surface area (Å²) in [5, 5.41) is 11.6. The SMILES string of the molecule is CCOC(=O)c1ccccc1/C=C/c1c([N+](=O)[O-])cc(OC)c(OC)c1OC. The molecular weight excluding hydrogens is 366 g/mol. The van der Waals surface area contributed by atoms with Gasteiger partial charge >= 0.3 is 5.97 Å². The van der Waals surface area contributed by atoms with Gasteiger partial charge < -0.3 is 18.9 Å². The van der Waals surface area contributed by atoms with Crippen molar-refractivity contribution in [2.45, 2.75) is 6.92 Å². The normalized spacial score (nSPS) is 10.6. The van der Waals surface area contributed by atoms with Gasteiger partial charge in [0.1, 0.15) is 0 Å². The highest BCUT2D eigenvalue weighted by molar-refractivity contribution is 5.95. The molecule has 0 heterocycles. The first-order chi connectivity index (χ1) is 13.5. The lowest BCUT2D eigenvalue weighted by Crippen LogP contribution is -2.06. The van der Waals surface area contributed by atoms with Gasteiger partial charge in [-0.3, -0.25) is 10.1 Å². The molecular formula is C20H21NO7. The van der Waals surface area contributed by atoms with Crippen LogP contribution in [0, 0.1) is 10.1 Å². The van der Waals surface area contributed by atoms with E-state index in [9.17, 15) is 14.9 Å². The molecule has 0 aliphatic rings. The summed E-state index contributed by atoms with van der Waals surface area (Å²) in [5.41, 5.74) is 0.859. The lowest BCUT2D eigenvalue weighted by Gasteiger charge is -2.14. The number of hydrogen-bond donors (Lipinski definition) is 0. The third-order valence-corrected chi connectivity index (χ3v) is 3.93. The van der Waals surface area contributed by atoms with Gasteiger partial charge in [0.05, 0.1) is 50.1 Å². The van der Waals surface area contributed by atoms with Gasteiger partial charge in [-0.05, 0) is 24.6 Å². The lowest BCUT2D eigenvalue weighted by molar-refractivity contribution is -0.385. The van der Waals surface area contributed by atoms with Crippen molar-refractivity contribution in [2.24, 2.45) is 0 Å². The van der Waals surface area contributed by atoms with E-state index in [0.717, 1.165) is 0 Å². The monoisotopic (exact) mass is 387 g/mol. The van der Waals surface area contributed by atoms with Crippen LogP contribution in [0.25, 0.3) is 12.2 Å². The Bertz CT molecular complexity index is 906. The highest BCUT2D eigenvalue weighted by Crippen LogP contribution is 2.45. The number of benzene rings is 2. The van der Waals surface area contributed by atoms with E-state index in [0.29, 0.717) is 11.1 Å². The number of esters is 1. The number of carbonyl (C=O) groups excluding carboxylic acids is 1. The van der Waals surface area contributed by atoms with Crippen LogP contribution in [0.2, 0.25) is 0 Å².